The predicted octanol–water partition coefficient (Wildman–Crippen LogP) is 2.64. The molecule has 3 heterocycles. The highest BCUT2D eigenvalue weighted by molar-refractivity contribution is 5.44. The van der Waals surface area contributed by atoms with Crippen molar-refractivity contribution in [2.75, 3.05) is 26.2 Å². The lowest BCUT2D eigenvalue weighted by Gasteiger charge is -2.27. The molecule has 0 bridgehead atoms. The first kappa shape index (κ1) is 15.4. The van der Waals surface area contributed by atoms with Gasteiger partial charge in [0.05, 0.1) is 11.4 Å². The molecule has 0 unspecified atom stereocenters. The number of aromatic nitrogens is 2. The van der Waals surface area contributed by atoms with E-state index in [9.17, 15) is 0 Å². The van der Waals surface area contributed by atoms with E-state index >= 15 is 0 Å². The highest BCUT2D eigenvalue weighted by Gasteiger charge is 2.17. The molecular weight excluding hydrogens is 296 g/mol. The van der Waals surface area contributed by atoms with Gasteiger partial charge in [0.2, 0.25) is 0 Å². The fraction of sp³-hybridized carbons (Fsp3) is 0.350. The van der Waals surface area contributed by atoms with Crippen LogP contribution in [-0.2, 0) is 13.0 Å². The predicted molar refractivity (Wildman–Crippen MR) is 97.3 cm³/mol. The van der Waals surface area contributed by atoms with Gasteiger partial charge in [-0.2, -0.15) is 0 Å². The molecule has 124 valence electrons. The number of imidazole rings is 1. The van der Waals surface area contributed by atoms with Gasteiger partial charge in [-0.1, -0.05) is 35.9 Å². The quantitative estimate of drug-likeness (QED) is 0.802. The van der Waals surface area contributed by atoms with E-state index in [0.29, 0.717) is 0 Å². The minimum absolute atomic E-state index is 0.892. The lowest BCUT2D eigenvalue weighted by molar-refractivity contribution is 0.229. The van der Waals surface area contributed by atoms with Crippen LogP contribution in [0, 0.1) is 6.92 Å². The molecule has 24 heavy (non-hydrogen) atoms. The molecule has 1 N–H and O–H groups in total. The standard InChI is InChI=1S/C20H24N4/c1-16-5-7-17(8-6-16)14-18-19(15-23-12-9-21-10-13-23)24-11-3-2-4-20(24)22-18/h2-8,11,21H,9-10,12-15H2,1H3. The summed E-state index contributed by atoms with van der Waals surface area (Å²) in [6.45, 7) is 7.45. The van der Waals surface area contributed by atoms with Gasteiger partial charge in [0, 0.05) is 45.3 Å². The molecule has 1 aromatic carbocycles. The zero-order chi connectivity index (χ0) is 16.4. The van der Waals surface area contributed by atoms with Crippen molar-refractivity contribution < 1.29 is 0 Å². The molecule has 3 aromatic rings. The number of fused-ring (bicyclic) bond motifs is 1. The highest BCUT2D eigenvalue weighted by Crippen LogP contribution is 2.19. The molecule has 4 rings (SSSR count). The fourth-order valence-corrected chi connectivity index (χ4v) is 3.38. The number of nitrogens with zero attached hydrogens (tertiary/aromatic N) is 3. The van der Waals surface area contributed by atoms with Crippen LogP contribution in [0.15, 0.2) is 48.7 Å². The maximum Gasteiger partial charge on any atom is 0.137 e. The highest BCUT2D eigenvalue weighted by atomic mass is 15.2. The lowest BCUT2D eigenvalue weighted by atomic mass is 10.1. The summed E-state index contributed by atoms with van der Waals surface area (Å²) in [7, 11) is 0. The minimum Gasteiger partial charge on any atom is -0.314 e. The third-order valence-electron chi connectivity index (χ3n) is 4.79. The number of pyridine rings is 1. The number of hydrogen-bond donors (Lipinski definition) is 1. The third-order valence-corrected chi connectivity index (χ3v) is 4.79. The minimum atomic E-state index is 0.892. The number of nitrogens with one attached hydrogen (secondary N) is 1. The monoisotopic (exact) mass is 320 g/mol. The average molecular weight is 320 g/mol. The van der Waals surface area contributed by atoms with Crippen LogP contribution in [-0.4, -0.2) is 40.5 Å². The van der Waals surface area contributed by atoms with Crippen molar-refractivity contribution in [3.63, 3.8) is 0 Å². The summed E-state index contributed by atoms with van der Waals surface area (Å²) >= 11 is 0. The van der Waals surface area contributed by atoms with E-state index < -0.39 is 0 Å². The first-order valence-electron chi connectivity index (χ1n) is 8.73. The van der Waals surface area contributed by atoms with Crippen LogP contribution >= 0.6 is 0 Å². The molecule has 0 atom stereocenters. The second kappa shape index (κ2) is 6.75. The number of benzene rings is 1. The largest absolute Gasteiger partial charge is 0.314 e. The molecular formula is C20H24N4. The smallest absolute Gasteiger partial charge is 0.137 e. The first-order valence-corrected chi connectivity index (χ1v) is 8.73. The van der Waals surface area contributed by atoms with E-state index in [1.54, 1.807) is 0 Å². The van der Waals surface area contributed by atoms with Gasteiger partial charge >= 0.3 is 0 Å². The Morgan fingerprint density at radius 2 is 1.83 bits per heavy atom. The summed E-state index contributed by atoms with van der Waals surface area (Å²) in [6, 6.07) is 15.0. The summed E-state index contributed by atoms with van der Waals surface area (Å²) in [5, 5.41) is 3.43. The SMILES string of the molecule is Cc1ccc(Cc2nc3ccccn3c2CN2CCNCC2)cc1. The molecule has 4 nitrogen and oxygen atoms in total. The molecule has 0 saturated carbocycles. The van der Waals surface area contributed by atoms with Gasteiger partial charge in [0.25, 0.3) is 0 Å². The van der Waals surface area contributed by atoms with Crippen LogP contribution in [0.3, 0.4) is 0 Å². The van der Waals surface area contributed by atoms with E-state index in [4.69, 9.17) is 4.98 Å². The van der Waals surface area contributed by atoms with E-state index in [1.165, 1.54) is 22.5 Å². The van der Waals surface area contributed by atoms with Crippen molar-refractivity contribution in [3.8, 4) is 0 Å². The van der Waals surface area contributed by atoms with E-state index in [0.717, 1.165) is 44.8 Å². The molecule has 2 aromatic heterocycles. The average Bonchev–Trinajstić information content (AvgIpc) is 2.95. The van der Waals surface area contributed by atoms with Crippen molar-refractivity contribution >= 4 is 5.65 Å². The maximum absolute atomic E-state index is 4.92. The number of hydrogen-bond acceptors (Lipinski definition) is 3. The number of rotatable bonds is 4. The Morgan fingerprint density at radius 3 is 2.62 bits per heavy atom. The Labute approximate surface area is 143 Å². The van der Waals surface area contributed by atoms with Crippen molar-refractivity contribution in [3.05, 3.63) is 71.2 Å². The van der Waals surface area contributed by atoms with Crippen molar-refractivity contribution in [1.29, 1.82) is 0 Å². The third kappa shape index (κ3) is 3.21. The van der Waals surface area contributed by atoms with Gasteiger partial charge in [-0.05, 0) is 24.6 Å². The molecule has 1 aliphatic rings. The van der Waals surface area contributed by atoms with Crippen LogP contribution in [0.4, 0.5) is 0 Å². The van der Waals surface area contributed by atoms with Gasteiger partial charge in [-0.15, -0.1) is 0 Å². The van der Waals surface area contributed by atoms with Crippen LogP contribution < -0.4 is 5.32 Å². The van der Waals surface area contributed by atoms with E-state index in [-0.39, 0.29) is 0 Å². The van der Waals surface area contributed by atoms with Gasteiger partial charge in [0.1, 0.15) is 5.65 Å². The van der Waals surface area contributed by atoms with Gasteiger partial charge in [-0.25, -0.2) is 4.98 Å². The molecule has 1 aliphatic heterocycles. The Morgan fingerprint density at radius 1 is 1.04 bits per heavy atom. The second-order valence-corrected chi connectivity index (χ2v) is 6.62. The van der Waals surface area contributed by atoms with Crippen LogP contribution in [0.5, 0.6) is 0 Å². The first-order chi connectivity index (χ1) is 11.8. The summed E-state index contributed by atoms with van der Waals surface area (Å²) in [4.78, 5) is 7.44. The van der Waals surface area contributed by atoms with Gasteiger partial charge < -0.3 is 9.72 Å². The molecule has 1 fully saturated rings. The van der Waals surface area contributed by atoms with Gasteiger partial charge in [-0.3, -0.25) is 4.90 Å². The molecule has 0 radical (unpaired) electrons. The fourth-order valence-electron chi connectivity index (χ4n) is 3.38. The van der Waals surface area contributed by atoms with Crippen LogP contribution in [0.25, 0.3) is 5.65 Å². The molecule has 0 spiro atoms. The number of aryl methyl sites for hydroxylation is 1. The summed E-state index contributed by atoms with van der Waals surface area (Å²) in [6.07, 6.45) is 3.03. The van der Waals surface area contributed by atoms with Crippen LogP contribution in [0.1, 0.15) is 22.5 Å². The topological polar surface area (TPSA) is 32.6 Å². The van der Waals surface area contributed by atoms with Crippen LogP contribution in [0.2, 0.25) is 0 Å². The Balaban J connectivity index is 1.67. The Hall–Kier alpha value is -2.17. The summed E-state index contributed by atoms with van der Waals surface area (Å²) < 4.78 is 2.26. The normalized spacial score (nSPS) is 15.9. The summed E-state index contributed by atoms with van der Waals surface area (Å²) in [5.41, 5.74) is 6.20. The van der Waals surface area contributed by atoms with Crippen molar-refractivity contribution in [1.82, 2.24) is 19.6 Å². The zero-order valence-electron chi connectivity index (χ0n) is 14.2. The zero-order valence-corrected chi connectivity index (χ0v) is 14.2. The molecule has 1 saturated heterocycles. The molecule has 4 heteroatoms. The van der Waals surface area contributed by atoms with Crippen molar-refractivity contribution in [2.24, 2.45) is 0 Å². The van der Waals surface area contributed by atoms with Crippen molar-refractivity contribution in [2.45, 2.75) is 19.9 Å². The van der Waals surface area contributed by atoms with E-state index in [2.05, 4.69) is 70.2 Å². The second-order valence-electron chi connectivity index (χ2n) is 6.62. The lowest BCUT2D eigenvalue weighted by Crippen LogP contribution is -2.43. The molecule has 0 amide bonds. The molecule has 0 aliphatic carbocycles. The van der Waals surface area contributed by atoms with E-state index in [1.807, 2.05) is 0 Å². The van der Waals surface area contributed by atoms with Gasteiger partial charge in [0.15, 0.2) is 0 Å². The Kier molecular flexibility index (Phi) is 4.32. The maximum atomic E-state index is 4.92. The summed E-state index contributed by atoms with van der Waals surface area (Å²) in [5.74, 6) is 0. The Bertz CT molecular complexity index is 813. The number of piperazine rings is 1.